The van der Waals surface area contributed by atoms with Gasteiger partial charge in [0.15, 0.2) is 0 Å². The maximum atomic E-state index is 3.85. The van der Waals surface area contributed by atoms with E-state index in [-0.39, 0.29) is 0 Å². The second-order valence-electron chi connectivity index (χ2n) is 2.63. The molecule has 0 fully saturated rings. The lowest BCUT2D eigenvalue weighted by molar-refractivity contribution is 1.09. The van der Waals surface area contributed by atoms with Crippen LogP contribution >= 0.6 is 11.3 Å². The van der Waals surface area contributed by atoms with Gasteiger partial charge < -0.3 is 5.32 Å². The second-order valence-corrected chi connectivity index (χ2v) is 3.47. The Bertz CT molecular complexity index is 395. The summed E-state index contributed by atoms with van der Waals surface area (Å²) in [5, 5.41) is 11.4. The average Bonchev–Trinajstić information content (AvgIpc) is 2.72. The van der Waals surface area contributed by atoms with Crippen LogP contribution in [0.5, 0.6) is 0 Å². The maximum Gasteiger partial charge on any atom is 0.209 e. The van der Waals surface area contributed by atoms with Crippen molar-refractivity contribution in [2.45, 2.75) is 0 Å². The summed E-state index contributed by atoms with van der Waals surface area (Å²) in [6, 6.07) is 10.1. The van der Waals surface area contributed by atoms with Crippen molar-refractivity contribution in [1.82, 2.24) is 10.2 Å². The lowest BCUT2D eigenvalue weighted by Gasteiger charge is -1.92. The van der Waals surface area contributed by atoms with E-state index in [0.717, 1.165) is 10.7 Å². The highest BCUT2D eigenvalue weighted by Gasteiger charge is 1.89. The van der Waals surface area contributed by atoms with E-state index in [1.165, 1.54) is 11.3 Å². The lowest BCUT2D eigenvalue weighted by atomic mass is 10.2. The summed E-state index contributed by atoms with van der Waals surface area (Å²) < 4.78 is 0. The van der Waals surface area contributed by atoms with Crippen molar-refractivity contribution in [3.05, 3.63) is 47.6 Å². The van der Waals surface area contributed by atoms with E-state index in [1.807, 2.05) is 42.6 Å². The highest BCUT2D eigenvalue weighted by molar-refractivity contribution is 7.13. The van der Waals surface area contributed by atoms with Crippen LogP contribution in [0, 0.1) is 0 Å². The lowest BCUT2D eigenvalue weighted by Crippen LogP contribution is -1.85. The fraction of sp³-hybridized carbons (Fsp3) is 0. The van der Waals surface area contributed by atoms with Gasteiger partial charge in [-0.25, -0.2) is 0 Å². The minimum absolute atomic E-state index is 0.803. The molecular formula is C10H9N3S. The summed E-state index contributed by atoms with van der Waals surface area (Å²) in [5.74, 6) is 0. The topological polar surface area (TPSA) is 37.8 Å². The van der Waals surface area contributed by atoms with Gasteiger partial charge in [-0.2, -0.15) is 0 Å². The molecule has 0 aliphatic rings. The van der Waals surface area contributed by atoms with Crippen LogP contribution in [0.3, 0.4) is 0 Å². The summed E-state index contributed by atoms with van der Waals surface area (Å²) in [6.45, 7) is 0. The normalized spacial score (nSPS) is 10.6. The molecule has 0 aliphatic heterocycles. The Balaban J connectivity index is 1.96. The molecule has 0 saturated heterocycles. The van der Waals surface area contributed by atoms with Gasteiger partial charge in [0.1, 0.15) is 5.51 Å². The molecule has 0 atom stereocenters. The van der Waals surface area contributed by atoms with Gasteiger partial charge in [-0.15, -0.1) is 10.2 Å². The van der Waals surface area contributed by atoms with Crippen LogP contribution in [-0.4, -0.2) is 10.2 Å². The predicted octanol–water partition coefficient (Wildman–Crippen LogP) is 2.62. The Morgan fingerprint density at radius 3 is 2.79 bits per heavy atom. The van der Waals surface area contributed by atoms with Crippen LogP contribution < -0.4 is 5.32 Å². The third-order valence-electron chi connectivity index (χ3n) is 1.64. The van der Waals surface area contributed by atoms with Crippen LogP contribution in [0.4, 0.5) is 5.13 Å². The molecule has 70 valence electrons. The van der Waals surface area contributed by atoms with E-state index in [2.05, 4.69) is 15.5 Å². The summed E-state index contributed by atoms with van der Waals surface area (Å²) in [6.07, 6.45) is 3.84. The Morgan fingerprint density at radius 2 is 2.07 bits per heavy atom. The zero-order chi connectivity index (χ0) is 9.64. The Labute approximate surface area is 86.1 Å². The van der Waals surface area contributed by atoms with Gasteiger partial charge >= 0.3 is 0 Å². The van der Waals surface area contributed by atoms with Gasteiger partial charge in [-0.3, -0.25) is 0 Å². The predicted molar refractivity (Wildman–Crippen MR) is 59.0 cm³/mol. The summed E-state index contributed by atoms with van der Waals surface area (Å²) in [7, 11) is 0. The molecule has 4 heteroatoms. The van der Waals surface area contributed by atoms with Gasteiger partial charge in [-0.1, -0.05) is 41.7 Å². The van der Waals surface area contributed by atoms with Crippen molar-refractivity contribution < 1.29 is 0 Å². The van der Waals surface area contributed by atoms with Crippen molar-refractivity contribution in [3.63, 3.8) is 0 Å². The fourth-order valence-corrected chi connectivity index (χ4v) is 1.43. The van der Waals surface area contributed by atoms with Crippen molar-refractivity contribution in [2.24, 2.45) is 0 Å². The Hall–Kier alpha value is -1.68. The zero-order valence-corrected chi connectivity index (χ0v) is 8.24. The molecule has 2 rings (SSSR count). The van der Waals surface area contributed by atoms with Crippen LogP contribution in [0.1, 0.15) is 5.56 Å². The number of nitrogens with one attached hydrogen (secondary N) is 1. The second kappa shape index (κ2) is 4.53. The molecular weight excluding hydrogens is 194 g/mol. The van der Waals surface area contributed by atoms with Gasteiger partial charge in [0.25, 0.3) is 0 Å². The molecule has 0 radical (unpaired) electrons. The molecule has 1 heterocycles. The Morgan fingerprint density at radius 1 is 1.21 bits per heavy atom. The van der Waals surface area contributed by atoms with Crippen LogP contribution in [0.15, 0.2) is 42.0 Å². The van der Waals surface area contributed by atoms with Crippen molar-refractivity contribution in [3.8, 4) is 0 Å². The quantitative estimate of drug-likeness (QED) is 0.833. The molecule has 14 heavy (non-hydrogen) atoms. The van der Waals surface area contributed by atoms with Crippen molar-refractivity contribution in [2.75, 3.05) is 5.32 Å². The third kappa shape index (κ3) is 2.40. The molecule has 0 bridgehead atoms. The van der Waals surface area contributed by atoms with Crippen LogP contribution in [-0.2, 0) is 0 Å². The van der Waals surface area contributed by atoms with Gasteiger partial charge in [-0.05, 0) is 11.6 Å². The first-order valence-corrected chi connectivity index (χ1v) is 5.07. The molecule has 1 aromatic heterocycles. The van der Waals surface area contributed by atoms with E-state index in [4.69, 9.17) is 0 Å². The molecule has 0 saturated carbocycles. The molecule has 2 aromatic rings. The maximum absolute atomic E-state index is 3.85. The van der Waals surface area contributed by atoms with E-state index in [9.17, 15) is 0 Å². The molecule has 0 spiro atoms. The molecule has 1 N–H and O–H groups in total. The Kier molecular flexibility index (Phi) is 2.88. The first-order chi connectivity index (χ1) is 6.95. The average molecular weight is 203 g/mol. The number of rotatable bonds is 3. The summed E-state index contributed by atoms with van der Waals surface area (Å²) in [5.41, 5.74) is 2.85. The summed E-state index contributed by atoms with van der Waals surface area (Å²) in [4.78, 5) is 0. The standard InChI is InChI=1S/C10H9N3S/c1-2-4-9(5-3-1)6-7-11-10-13-12-8-14-10/h1-8H,(H,11,13). The molecule has 0 aliphatic carbocycles. The number of hydrogen-bond donors (Lipinski definition) is 1. The van der Waals surface area contributed by atoms with Gasteiger partial charge in [0, 0.05) is 6.20 Å². The number of nitrogens with zero attached hydrogens (tertiary/aromatic N) is 2. The summed E-state index contributed by atoms with van der Waals surface area (Å²) >= 11 is 1.47. The number of hydrogen-bond acceptors (Lipinski definition) is 4. The van der Waals surface area contributed by atoms with Crippen molar-refractivity contribution >= 4 is 22.5 Å². The monoisotopic (exact) mass is 203 g/mol. The first-order valence-electron chi connectivity index (χ1n) is 4.19. The smallest absolute Gasteiger partial charge is 0.209 e. The minimum Gasteiger partial charge on any atom is -0.337 e. The van der Waals surface area contributed by atoms with Gasteiger partial charge in [0.05, 0.1) is 0 Å². The van der Waals surface area contributed by atoms with E-state index in [0.29, 0.717) is 0 Å². The van der Waals surface area contributed by atoms with E-state index in [1.54, 1.807) is 5.51 Å². The molecule has 3 nitrogen and oxygen atoms in total. The third-order valence-corrected chi connectivity index (χ3v) is 2.26. The number of aromatic nitrogens is 2. The zero-order valence-electron chi connectivity index (χ0n) is 7.42. The fourth-order valence-electron chi connectivity index (χ4n) is 1.01. The van der Waals surface area contributed by atoms with Crippen LogP contribution in [0.2, 0.25) is 0 Å². The minimum atomic E-state index is 0.803. The number of benzene rings is 1. The van der Waals surface area contributed by atoms with E-state index >= 15 is 0 Å². The first kappa shape index (κ1) is 8.90. The van der Waals surface area contributed by atoms with E-state index < -0.39 is 0 Å². The number of anilines is 1. The SMILES string of the molecule is C(=Cc1ccccc1)Nc1nncs1. The molecule has 0 unspecified atom stereocenters. The van der Waals surface area contributed by atoms with Gasteiger partial charge in [0.2, 0.25) is 5.13 Å². The van der Waals surface area contributed by atoms with Crippen molar-refractivity contribution in [1.29, 1.82) is 0 Å². The largest absolute Gasteiger partial charge is 0.337 e. The highest BCUT2D eigenvalue weighted by atomic mass is 32.1. The molecule has 1 aromatic carbocycles. The highest BCUT2D eigenvalue weighted by Crippen LogP contribution is 2.08. The van der Waals surface area contributed by atoms with Crippen LogP contribution in [0.25, 0.3) is 6.08 Å². The molecule has 0 amide bonds.